The number of hydrogen-bond donors (Lipinski definition) is 1. The van der Waals surface area contributed by atoms with Crippen LogP contribution in [0, 0.1) is 13.8 Å². The molecule has 0 spiro atoms. The number of carboxylic acids is 1. The van der Waals surface area contributed by atoms with Crippen LogP contribution in [0.3, 0.4) is 0 Å². The lowest BCUT2D eigenvalue weighted by Gasteiger charge is -2.11. The molecule has 0 saturated heterocycles. The molecule has 4 aromatic rings. The van der Waals surface area contributed by atoms with Gasteiger partial charge in [0.25, 0.3) is 0 Å². The van der Waals surface area contributed by atoms with Crippen molar-refractivity contribution in [1.82, 2.24) is 4.57 Å². The molecule has 5 heteroatoms. The van der Waals surface area contributed by atoms with Crippen molar-refractivity contribution in [2.45, 2.75) is 13.8 Å². The second-order valence-electron chi connectivity index (χ2n) is 7.30. The van der Waals surface area contributed by atoms with Crippen LogP contribution in [0.1, 0.15) is 27.3 Å². The van der Waals surface area contributed by atoms with E-state index in [0.717, 1.165) is 33.9 Å². The fourth-order valence-electron chi connectivity index (χ4n) is 3.65. The molecule has 31 heavy (non-hydrogen) atoms. The van der Waals surface area contributed by atoms with E-state index < -0.39 is 5.97 Å². The zero-order valence-corrected chi connectivity index (χ0v) is 18.0. The molecule has 0 amide bonds. The molecule has 0 aliphatic rings. The lowest BCUT2D eigenvalue weighted by Crippen LogP contribution is -2.02. The molecule has 0 unspecified atom stereocenters. The van der Waals surface area contributed by atoms with E-state index in [0.29, 0.717) is 0 Å². The molecule has 0 saturated carbocycles. The van der Waals surface area contributed by atoms with Crippen LogP contribution >= 0.6 is 11.6 Å². The van der Waals surface area contributed by atoms with Crippen molar-refractivity contribution in [1.29, 1.82) is 0 Å². The Hall–Kier alpha value is -3.63. The van der Waals surface area contributed by atoms with Gasteiger partial charge in [-0.15, -0.1) is 0 Å². The lowest BCUT2D eigenvalue weighted by molar-refractivity contribution is 0.0697. The predicted molar refractivity (Wildman–Crippen MR) is 126 cm³/mol. The van der Waals surface area contributed by atoms with E-state index in [2.05, 4.69) is 35.3 Å². The zero-order chi connectivity index (χ0) is 22.0. The van der Waals surface area contributed by atoms with Crippen LogP contribution in [0.15, 0.2) is 83.9 Å². The molecular weight excluding hydrogens is 408 g/mol. The van der Waals surface area contributed by atoms with E-state index in [1.807, 2.05) is 55.0 Å². The first-order chi connectivity index (χ1) is 14.9. The topological polar surface area (TPSA) is 54.6 Å². The van der Waals surface area contributed by atoms with Crippen LogP contribution in [-0.4, -0.2) is 21.9 Å². The molecule has 0 aliphatic carbocycles. The number of rotatable bonds is 5. The van der Waals surface area contributed by atoms with Crippen molar-refractivity contribution in [3.05, 3.63) is 106 Å². The van der Waals surface area contributed by atoms with Gasteiger partial charge in [-0.1, -0.05) is 54.1 Å². The number of benzene rings is 3. The minimum absolute atomic E-state index is 0.0913. The molecule has 1 aromatic heterocycles. The van der Waals surface area contributed by atoms with Crippen molar-refractivity contribution >= 4 is 29.5 Å². The SMILES string of the molecule is Cc1cc(C=Nc2ccc(-c3ccccc3)cc2)c(C)n1-c1ccc(C(=O)O)c(Cl)c1. The number of aromatic nitrogens is 1. The van der Waals surface area contributed by atoms with Crippen LogP contribution in [-0.2, 0) is 0 Å². The molecule has 0 radical (unpaired) electrons. The quantitative estimate of drug-likeness (QED) is 0.353. The fourth-order valence-corrected chi connectivity index (χ4v) is 3.90. The molecule has 3 aromatic carbocycles. The van der Waals surface area contributed by atoms with E-state index >= 15 is 0 Å². The number of hydrogen-bond acceptors (Lipinski definition) is 2. The maximum Gasteiger partial charge on any atom is 0.337 e. The minimum atomic E-state index is -1.04. The zero-order valence-electron chi connectivity index (χ0n) is 17.2. The highest BCUT2D eigenvalue weighted by Gasteiger charge is 2.13. The molecule has 1 N–H and O–H groups in total. The standard InChI is InChI=1S/C26H21ClN2O2/c1-17-14-21(18(2)29(17)23-12-13-24(26(30)31)25(27)15-23)16-28-22-10-8-20(9-11-22)19-6-4-3-5-7-19/h3-16H,1-2H3,(H,30,31). The van der Waals surface area contributed by atoms with Gasteiger partial charge in [0.15, 0.2) is 0 Å². The van der Waals surface area contributed by atoms with E-state index in [4.69, 9.17) is 11.6 Å². The largest absolute Gasteiger partial charge is 0.478 e. The molecular formula is C26H21ClN2O2. The van der Waals surface area contributed by atoms with Crippen molar-refractivity contribution in [2.75, 3.05) is 0 Å². The van der Waals surface area contributed by atoms with Crippen molar-refractivity contribution in [3.63, 3.8) is 0 Å². The third-order valence-corrected chi connectivity index (χ3v) is 5.55. The number of nitrogens with zero attached hydrogens (tertiary/aromatic N) is 2. The van der Waals surface area contributed by atoms with Gasteiger partial charge in [-0.3, -0.25) is 4.99 Å². The maximum atomic E-state index is 11.2. The molecule has 0 atom stereocenters. The van der Waals surface area contributed by atoms with Gasteiger partial charge in [0.05, 0.1) is 16.3 Å². The summed E-state index contributed by atoms with van der Waals surface area (Å²) in [5.41, 5.74) is 7.11. The third kappa shape index (κ3) is 4.30. The van der Waals surface area contributed by atoms with E-state index in [9.17, 15) is 9.90 Å². The van der Waals surface area contributed by atoms with Gasteiger partial charge < -0.3 is 9.67 Å². The van der Waals surface area contributed by atoms with E-state index in [1.165, 1.54) is 11.6 Å². The summed E-state index contributed by atoms with van der Waals surface area (Å²) in [6.07, 6.45) is 1.85. The summed E-state index contributed by atoms with van der Waals surface area (Å²) in [4.78, 5) is 15.9. The Labute approximate surface area is 186 Å². The summed E-state index contributed by atoms with van der Waals surface area (Å²) >= 11 is 6.16. The summed E-state index contributed by atoms with van der Waals surface area (Å²) in [5.74, 6) is -1.04. The molecule has 154 valence electrons. The van der Waals surface area contributed by atoms with E-state index in [-0.39, 0.29) is 10.6 Å². The van der Waals surface area contributed by atoms with Crippen LogP contribution in [0.2, 0.25) is 5.02 Å². The van der Waals surface area contributed by atoms with Gasteiger partial charge in [0, 0.05) is 28.9 Å². The first-order valence-corrected chi connectivity index (χ1v) is 10.2. The van der Waals surface area contributed by atoms with Gasteiger partial charge in [0.1, 0.15) is 0 Å². The summed E-state index contributed by atoms with van der Waals surface area (Å²) in [6, 6.07) is 25.4. The predicted octanol–water partition coefficient (Wildman–Crippen LogP) is 6.86. The lowest BCUT2D eigenvalue weighted by atomic mass is 10.1. The Morgan fingerprint density at radius 1 is 0.935 bits per heavy atom. The van der Waals surface area contributed by atoms with Gasteiger partial charge in [0.2, 0.25) is 0 Å². The highest BCUT2D eigenvalue weighted by Crippen LogP contribution is 2.26. The Morgan fingerprint density at radius 3 is 2.26 bits per heavy atom. The highest BCUT2D eigenvalue weighted by atomic mass is 35.5. The number of halogens is 1. The Balaban J connectivity index is 1.60. The van der Waals surface area contributed by atoms with E-state index in [1.54, 1.807) is 12.1 Å². The highest BCUT2D eigenvalue weighted by molar-refractivity contribution is 6.33. The summed E-state index contributed by atoms with van der Waals surface area (Å²) in [7, 11) is 0. The maximum absolute atomic E-state index is 11.2. The number of carbonyl (C=O) groups is 1. The Bertz CT molecular complexity index is 1270. The van der Waals surface area contributed by atoms with Crippen LogP contribution in [0.4, 0.5) is 5.69 Å². The van der Waals surface area contributed by atoms with Gasteiger partial charge >= 0.3 is 5.97 Å². The molecule has 0 fully saturated rings. The normalized spacial score (nSPS) is 11.2. The molecule has 1 heterocycles. The monoisotopic (exact) mass is 428 g/mol. The van der Waals surface area contributed by atoms with Gasteiger partial charge in [-0.2, -0.15) is 0 Å². The second kappa shape index (κ2) is 8.62. The molecule has 4 nitrogen and oxygen atoms in total. The number of aliphatic imine (C=N–C) groups is 1. The number of aromatic carboxylic acids is 1. The minimum Gasteiger partial charge on any atom is -0.478 e. The summed E-state index contributed by atoms with van der Waals surface area (Å²) in [5, 5.41) is 9.41. The Morgan fingerprint density at radius 2 is 1.61 bits per heavy atom. The average Bonchev–Trinajstić information content (AvgIpc) is 3.06. The van der Waals surface area contributed by atoms with Gasteiger partial charge in [-0.25, -0.2) is 4.79 Å². The second-order valence-corrected chi connectivity index (χ2v) is 7.71. The molecule has 4 rings (SSSR count). The first-order valence-electron chi connectivity index (χ1n) is 9.86. The fraction of sp³-hybridized carbons (Fsp3) is 0.0769. The number of carboxylic acid groups (broad SMARTS) is 1. The average molecular weight is 429 g/mol. The summed E-state index contributed by atoms with van der Waals surface area (Å²) < 4.78 is 2.04. The van der Waals surface area contributed by atoms with Crippen molar-refractivity contribution in [2.24, 2.45) is 4.99 Å². The van der Waals surface area contributed by atoms with Crippen LogP contribution in [0.5, 0.6) is 0 Å². The first kappa shape index (κ1) is 20.6. The molecule has 0 bridgehead atoms. The summed E-state index contributed by atoms with van der Waals surface area (Å²) in [6.45, 7) is 4.00. The van der Waals surface area contributed by atoms with Crippen molar-refractivity contribution < 1.29 is 9.90 Å². The van der Waals surface area contributed by atoms with Crippen molar-refractivity contribution in [3.8, 4) is 16.8 Å². The third-order valence-electron chi connectivity index (χ3n) is 5.24. The van der Waals surface area contributed by atoms with Crippen LogP contribution in [0.25, 0.3) is 16.8 Å². The molecule has 0 aliphatic heterocycles. The smallest absolute Gasteiger partial charge is 0.337 e. The number of aryl methyl sites for hydroxylation is 1. The Kier molecular flexibility index (Phi) is 5.74. The van der Waals surface area contributed by atoms with Gasteiger partial charge in [-0.05, 0) is 61.4 Å². The van der Waals surface area contributed by atoms with Crippen LogP contribution < -0.4 is 0 Å².